The molecule has 0 radical (unpaired) electrons. The van der Waals surface area contributed by atoms with E-state index in [1.165, 1.54) is 24.7 Å². The highest BCUT2D eigenvalue weighted by molar-refractivity contribution is 6.56. The Bertz CT molecular complexity index is 299. The first kappa shape index (κ1) is 10.8. The monoisotopic (exact) mass is 202 g/mol. The summed E-state index contributed by atoms with van der Waals surface area (Å²) in [6.45, 7) is 5.00. The van der Waals surface area contributed by atoms with E-state index in [1.807, 2.05) is 0 Å². The molecule has 2 heteroatoms. The number of rotatable bonds is 4. The molecule has 1 aliphatic rings. The van der Waals surface area contributed by atoms with Gasteiger partial charge in [-0.3, -0.25) is 0 Å². The second-order valence-corrected chi connectivity index (χ2v) is 4.37. The second kappa shape index (κ2) is 4.85. The van der Waals surface area contributed by atoms with Gasteiger partial charge in [-0.1, -0.05) is 57.0 Å². The van der Waals surface area contributed by atoms with Crippen LogP contribution >= 0.6 is 0 Å². The van der Waals surface area contributed by atoms with Crippen molar-refractivity contribution in [2.45, 2.75) is 44.9 Å². The molecule has 1 aliphatic heterocycles. The SMILES string of the molecule is CCCB1OC(c2ccccc2)C1CC. The van der Waals surface area contributed by atoms with Crippen LogP contribution in [-0.2, 0) is 4.65 Å². The maximum atomic E-state index is 5.97. The van der Waals surface area contributed by atoms with Crippen molar-refractivity contribution in [1.29, 1.82) is 0 Å². The van der Waals surface area contributed by atoms with Gasteiger partial charge in [0, 0.05) is 0 Å². The molecule has 0 aromatic heterocycles. The van der Waals surface area contributed by atoms with Crippen molar-refractivity contribution < 1.29 is 4.65 Å². The van der Waals surface area contributed by atoms with E-state index in [-0.39, 0.29) is 0 Å². The lowest BCUT2D eigenvalue weighted by Gasteiger charge is -2.43. The van der Waals surface area contributed by atoms with Gasteiger partial charge >= 0.3 is 0 Å². The van der Waals surface area contributed by atoms with E-state index in [0.29, 0.717) is 13.0 Å². The Kier molecular flexibility index (Phi) is 3.47. The minimum absolute atomic E-state index is 0.354. The minimum atomic E-state index is 0.354. The Hall–Kier alpha value is -0.755. The van der Waals surface area contributed by atoms with E-state index in [0.717, 1.165) is 5.82 Å². The van der Waals surface area contributed by atoms with Gasteiger partial charge in [0.05, 0.1) is 6.10 Å². The van der Waals surface area contributed by atoms with Gasteiger partial charge in [-0.25, -0.2) is 0 Å². The molecule has 1 nitrogen and oxygen atoms in total. The topological polar surface area (TPSA) is 9.23 Å². The zero-order valence-electron chi connectivity index (χ0n) is 9.65. The summed E-state index contributed by atoms with van der Waals surface area (Å²) in [6, 6.07) is 10.6. The molecule has 0 amide bonds. The van der Waals surface area contributed by atoms with E-state index < -0.39 is 0 Å². The zero-order valence-corrected chi connectivity index (χ0v) is 9.65. The molecule has 1 heterocycles. The normalized spacial score (nSPS) is 25.1. The van der Waals surface area contributed by atoms with Crippen molar-refractivity contribution >= 4 is 6.92 Å². The number of benzene rings is 1. The smallest absolute Gasteiger partial charge is 0.299 e. The lowest BCUT2D eigenvalue weighted by Crippen LogP contribution is -2.42. The molecule has 0 N–H and O–H groups in total. The summed E-state index contributed by atoms with van der Waals surface area (Å²) in [7, 11) is 0. The van der Waals surface area contributed by atoms with E-state index in [2.05, 4.69) is 44.2 Å². The molecule has 1 aromatic rings. The first-order valence-electron chi connectivity index (χ1n) is 6.07. The molecule has 1 fully saturated rings. The van der Waals surface area contributed by atoms with E-state index in [1.54, 1.807) is 0 Å². The zero-order chi connectivity index (χ0) is 10.7. The third-order valence-electron chi connectivity index (χ3n) is 3.36. The summed E-state index contributed by atoms with van der Waals surface area (Å²) in [5.41, 5.74) is 1.34. The van der Waals surface area contributed by atoms with Crippen molar-refractivity contribution in [2.24, 2.45) is 0 Å². The highest BCUT2D eigenvalue weighted by atomic mass is 16.5. The molecule has 2 unspecified atom stereocenters. The standard InChI is InChI=1S/C13H19BO/c1-3-10-14-12(4-2)13(15-14)11-8-6-5-7-9-11/h5-9,12-13H,3-4,10H2,1-2H3. The van der Waals surface area contributed by atoms with Crippen LogP contribution in [0.15, 0.2) is 30.3 Å². The summed E-state index contributed by atoms with van der Waals surface area (Å²) < 4.78 is 5.97. The molecular formula is C13H19BO. The fourth-order valence-electron chi connectivity index (χ4n) is 2.51. The average molecular weight is 202 g/mol. The quantitative estimate of drug-likeness (QED) is 0.672. The van der Waals surface area contributed by atoms with Crippen LogP contribution in [0.25, 0.3) is 0 Å². The predicted molar refractivity (Wildman–Crippen MR) is 65.2 cm³/mol. The Morgan fingerprint density at radius 2 is 1.93 bits per heavy atom. The maximum Gasteiger partial charge on any atom is 0.299 e. The summed E-state index contributed by atoms with van der Waals surface area (Å²) >= 11 is 0. The highest BCUT2D eigenvalue weighted by Crippen LogP contribution is 2.47. The molecule has 1 saturated heterocycles. The maximum absolute atomic E-state index is 5.97. The van der Waals surface area contributed by atoms with Gasteiger partial charge in [-0.15, -0.1) is 0 Å². The van der Waals surface area contributed by atoms with Crippen LogP contribution in [0, 0.1) is 0 Å². The summed E-state index contributed by atoms with van der Waals surface area (Å²) in [5, 5.41) is 0. The molecule has 0 saturated carbocycles. The van der Waals surface area contributed by atoms with Gasteiger partial charge in [0.15, 0.2) is 0 Å². The van der Waals surface area contributed by atoms with Crippen LogP contribution in [0.2, 0.25) is 12.1 Å². The third-order valence-corrected chi connectivity index (χ3v) is 3.36. The van der Waals surface area contributed by atoms with E-state index in [4.69, 9.17) is 4.65 Å². The van der Waals surface area contributed by atoms with Crippen molar-refractivity contribution in [2.75, 3.05) is 0 Å². The molecule has 2 atom stereocenters. The molecule has 1 aromatic carbocycles. The molecule has 15 heavy (non-hydrogen) atoms. The van der Waals surface area contributed by atoms with Gasteiger partial charge in [0.2, 0.25) is 0 Å². The predicted octanol–water partition coefficient (Wildman–Crippen LogP) is 3.94. The molecule has 0 spiro atoms. The second-order valence-electron chi connectivity index (χ2n) is 4.37. The number of hydrogen-bond acceptors (Lipinski definition) is 1. The van der Waals surface area contributed by atoms with Crippen LogP contribution in [0.4, 0.5) is 0 Å². The largest absolute Gasteiger partial charge is 0.429 e. The van der Waals surface area contributed by atoms with Gasteiger partial charge in [0.1, 0.15) is 0 Å². The minimum Gasteiger partial charge on any atom is -0.429 e. The van der Waals surface area contributed by atoms with Gasteiger partial charge in [0.25, 0.3) is 6.92 Å². The van der Waals surface area contributed by atoms with Crippen LogP contribution in [0.5, 0.6) is 0 Å². The Balaban J connectivity index is 2.02. The van der Waals surface area contributed by atoms with Crippen LogP contribution in [-0.4, -0.2) is 6.92 Å². The van der Waals surface area contributed by atoms with Crippen LogP contribution < -0.4 is 0 Å². The van der Waals surface area contributed by atoms with Crippen molar-refractivity contribution in [3.05, 3.63) is 35.9 Å². The first-order valence-corrected chi connectivity index (χ1v) is 6.07. The Labute approximate surface area is 93.0 Å². The number of hydrogen-bond donors (Lipinski definition) is 0. The van der Waals surface area contributed by atoms with E-state index >= 15 is 0 Å². The third kappa shape index (κ3) is 2.10. The van der Waals surface area contributed by atoms with Crippen molar-refractivity contribution in [3.8, 4) is 0 Å². The van der Waals surface area contributed by atoms with Gasteiger partial charge < -0.3 is 4.65 Å². The molecule has 2 rings (SSSR count). The van der Waals surface area contributed by atoms with E-state index in [9.17, 15) is 0 Å². The lowest BCUT2D eigenvalue weighted by molar-refractivity contribution is 0.112. The Morgan fingerprint density at radius 1 is 1.20 bits per heavy atom. The molecule has 0 aliphatic carbocycles. The summed E-state index contributed by atoms with van der Waals surface area (Å²) in [4.78, 5) is 0. The highest BCUT2D eigenvalue weighted by Gasteiger charge is 2.44. The first-order chi connectivity index (χ1) is 7.36. The fraction of sp³-hybridized carbons (Fsp3) is 0.538. The summed E-state index contributed by atoms with van der Waals surface area (Å²) in [6.07, 6.45) is 4.02. The van der Waals surface area contributed by atoms with Gasteiger partial charge in [-0.05, 0) is 17.7 Å². The summed E-state index contributed by atoms with van der Waals surface area (Å²) in [5.74, 6) is 0.729. The van der Waals surface area contributed by atoms with Gasteiger partial charge in [-0.2, -0.15) is 0 Å². The molecule has 80 valence electrons. The lowest BCUT2D eigenvalue weighted by atomic mass is 9.44. The molecule has 0 bridgehead atoms. The van der Waals surface area contributed by atoms with Crippen molar-refractivity contribution in [1.82, 2.24) is 0 Å². The average Bonchev–Trinajstić information content (AvgIpc) is 2.25. The molecular weight excluding hydrogens is 183 g/mol. The fourth-order valence-corrected chi connectivity index (χ4v) is 2.51. The van der Waals surface area contributed by atoms with Crippen molar-refractivity contribution in [3.63, 3.8) is 0 Å². The van der Waals surface area contributed by atoms with Crippen LogP contribution in [0.1, 0.15) is 38.4 Å². The Morgan fingerprint density at radius 3 is 2.53 bits per heavy atom. The van der Waals surface area contributed by atoms with Crippen LogP contribution in [0.3, 0.4) is 0 Å².